The standard InChI is InChI=1S/C11H19N3OS.2ClH/c1-7(2)10(12)11(15)14(4)6-9-5-13-8(3)16-9;;/h5,7,10H,6,12H2,1-4H3;2*1H. The molecule has 106 valence electrons. The van der Waals surface area contributed by atoms with Crippen molar-refractivity contribution in [2.75, 3.05) is 7.05 Å². The molecule has 0 spiro atoms. The number of carbonyl (C=O) groups excluding carboxylic acids is 1. The number of nitrogens with zero attached hydrogens (tertiary/aromatic N) is 2. The lowest BCUT2D eigenvalue weighted by molar-refractivity contribution is -0.132. The molecule has 1 aromatic heterocycles. The van der Waals surface area contributed by atoms with Gasteiger partial charge in [0.25, 0.3) is 0 Å². The molecule has 0 fully saturated rings. The predicted molar refractivity (Wildman–Crippen MR) is 80.6 cm³/mol. The second-order valence-electron chi connectivity index (χ2n) is 4.31. The molecule has 0 saturated heterocycles. The number of carbonyl (C=O) groups is 1. The van der Waals surface area contributed by atoms with Gasteiger partial charge in [-0.05, 0) is 12.8 Å². The van der Waals surface area contributed by atoms with Gasteiger partial charge in [-0.1, -0.05) is 13.8 Å². The van der Waals surface area contributed by atoms with Crippen molar-refractivity contribution >= 4 is 42.1 Å². The minimum atomic E-state index is -0.418. The molecule has 0 saturated carbocycles. The highest BCUT2D eigenvalue weighted by Crippen LogP contribution is 2.14. The summed E-state index contributed by atoms with van der Waals surface area (Å²) in [5, 5.41) is 1.02. The molecule has 0 radical (unpaired) electrons. The molecular formula is C11H21Cl2N3OS. The number of nitrogens with two attached hydrogens (primary N) is 1. The van der Waals surface area contributed by atoms with Crippen molar-refractivity contribution in [1.29, 1.82) is 0 Å². The Bertz CT molecular complexity index is 371. The average Bonchev–Trinajstić information content (AvgIpc) is 2.61. The lowest BCUT2D eigenvalue weighted by atomic mass is 10.0. The fourth-order valence-electron chi connectivity index (χ4n) is 1.33. The second kappa shape index (κ2) is 8.69. The van der Waals surface area contributed by atoms with E-state index in [4.69, 9.17) is 5.73 Å². The largest absolute Gasteiger partial charge is 0.339 e. The van der Waals surface area contributed by atoms with E-state index in [1.165, 1.54) is 0 Å². The Morgan fingerprint density at radius 3 is 2.44 bits per heavy atom. The van der Waals surface area contributed by atoms with Crippen LogP contribution in [-0.4, -0.2) is 28.9 Å². The van der Waals surface area contributed by atoms with E-state index in [0.717, 1.165) is 9.88 Å². The van der Waals surface area contributed by atoms with Crippen molar-refractivity contribution in [3.05, 3.63) is 16.1 Å². The van der Waals surface area contributed by atoms with Gasteiger partial charge in [0.1, 0.15) is 0 Å². The number of amides is 1. The van der Waals surface area contributed by atoms with Crippen LogP contribution < -0.4 is 5.73 Å². The molecule has 0 bridgehead atoms. The zero-order valence-corrected chi connectivity index (χ0v) is 13.5. The molecule has 4 nitrogen and oxygen atoms in total. The van der Waals surface area contributed by atoms with Crippen molar-refractivity contribution in [2.45, 2.75) is 33.4 Å². The van der Waals surface area contributed by atoms with Gasteiger partial charge in [-0.25, -0.2) is 4.98 Å². The lowest BCUT2D eigenvalue weighted by Crippen LogP contribution is -2.44. The van der Waals surface area contributed by atoms with Crippen LogP contribution >= 0.6 is 36.2 Å². The van der Waals surface area contributed by atoms with E-state index in [-0.39, 0.29) is 36.6 Å². The van der Waals surface area contributed by atoms with E-state index < -0.39 is 6.04 Å². The molecule has 1 rings (SSSR count). The van der Waals surface area contributed by atoms with Crippen LogP contribution in [0.5, 0.6) is 0 Å². The SMILES string of the molecule is Cc1ncc(CN(C)C(=O)C(N)C(C)C)s1.Cl.Cl. The van der Waals surface area contributed by atoms with E-state index in [2.05, 4.69) is 4.98 Å². The summed E-state index contributed by atoms with van der Waals surface area (Å²) in [6.07, 6.45) is 1.81. The molecule has 18 heavy (non-hydrogen) atoms. The number of aryl methyl sites for hydroxylation is 1. The number of halogens is 2. The van der Waals surface area contributed by atoms with Crippen molar-refractivity contribution in [3.63, 3.8) is 0 Å². The molecule has 1 amide bonds. The molecule has 1 aromatic rings. The monoisotopic (exact) mass is 313 g/mol. The van der Waals surface area contributed by atoms with E-state index in [1.807, 2.05) is 27.0 Å². The summed E-state index contributed by atoms with van der Waals surface area (Å²) in [6, 6.07) is -0.418. The Morgan fingerprint density at radius 1 is 1.50 bits per heavy atom. The number of aromatic nitrogens is 1. The van der Waals surface area contributed by atoms with Gasteiger partial charge >= 0.3 is 0 Å². The van der Waals surface area contributed by atoms with Gasteiger partial charge in [0.15, 0.2) is 0 Å². The number of thiazole rings is 1. The number of hydrogen-bond donors (Lipinski definition) is 1. The molecule has 0 aliphatic heterocycles. The topological polar surface area (TPSA) is 59.2 Å². The van der Waals surface area contributed by atoms with Crippen molar-refractivity contribution in [2.24, 2.45) is 11.7 Å². The highest BCUT2D eigenvalue weighted by atomic mass is 35.5. The van der Waals surface area contributed by atoms with Gasteiger partial charge in [0.2, 0.25) is 5.91 Å². The number of hydrogen-bond acceptors (Lipinski definition) is 4. The van der Waals surface area contributed by atoms with Gasteiger partial charge in [-0.15, -0.1) is 36.2 Å². The molecule has 0 aliphatic rings. The quantitative estimate of drug-likeness (QED) is 0.927. The summed E-state index contributed by atoms with van der Waals surface area (Å²) >= 11 is 1.61. The Balaban J connectivity index is 0. The Morgan fingerprint density at radius 2 is 2.06 bits per heavy atom. The second-order valence-corrected chi connectivity index (χ2v) is 5.63. The van der Waals surface area contributed by atoms with Crippen LogP contribution in [0.2, 0.25) is 0 Å². The van der Waals surface area contributed by atoms with E-state index in [9.17, 15) is 4.79 Å². The smallest absolute Gasteiger partial charge is 0.239 e. The maximum atomic E-state index is 11.9. The average molecular weight is 314 g/mol. The van der Waals surface area contributed by atoms with E-state index >= 15 is 0 Å². The molecule has 0 aromatic carbocycles. The Kier molecular flexibility index (Phi) is 9.64. The van der Waals surface area contributed by atoms with Crippen LogP contribution in [0.25, 0.3) is 0 Å². The molecule has 2 N–H and O–H groups in total. The molecule has 1 heterocycles. The third-order valence-corrected chi connectivity index (χ3v) is 3.34. The van der Waals surface area contributed by atoms with Crippen LogP contribution in [0.15, 0.2) is 6.20 Å². The van der Waals surface area contributed by atoms with Crippen LogP contribution in [0.4, 0.5) is 0 Å². The number of rotatable bonds is 4. The predicted octanol–water partition coefficient (Wildman–Crippen LogP) is 2.24. The maximum absolute atomic E-state index is 11.9. The van der Waals surface area contributed by atoms with Gasteiger partial charge in [-0.2, -0.15) is 0 Å². The summed E-state index contributed by atoms with van der Waals surface area (Å²) in [4.78, 5) is 18.8. The Hall–Kier alpha value is -0.360. The third-order valence-electron chi connectivity index (χ3n) is 2.44. The first kappa shape index (κ1) is 20.0. The van der Waals surface area contributed by atoms with Gasteiger partial charge in [-0.3, -0.25) is 4.79 Å². The fourth-order valence-corrected chi connectivity index (χ4v) is 2.18. The summed E-state index contributed by atoms with van der Waals surface area (Å²) < 4.78 is 0. The van der Waals surface area contributed by atoms with Gasteiger partial charge in [0.05, 0.1) is 17.6 Å². The summed E-state index contributed by atoms with van der Waals surface area (Å²) in [7, 11) is 1.78. The first-order valence-electron chi connectivity index (χ1n) is 5.33. The molecule has 1 unspecified atom stereocenters. The maximum Gasteiger partial charge on any atom is 0.239 e. The van der Waals surface area contributed by atoms with Crippen molar-refractivity contribution in [1.82, 2.24) is 9.88 Å². The zero-order valence-electron chi connectivity index (χ0n) is 11.0. The van der Waals surface area contributed by atoms with Gasteiger partial charge in [0, 0.05) is 18.1 Å². The van der Waals surface area contributed by atoms with E-state index in [1.54, 1.807) is 23.3 Å². The first-order valence-corrected chi connectivity index (χ1v) is 6.15. The van der Waals surface area contributed by atoms with Crippen molar-refractivity contribution in [3.8, 4) is 0 Å². The van der Waals surface area contributed by atoms with Gasteiger partial charge < -0.3 is 10.6 Å². The summed E-state index contributed by atoms with van der Waals surface area (Å²) in [5.41, 5.74) is 5.82. The van der Waals surface area contributed by atoms with Crippen LogP contribution in [0.3, 0.4) is 0 Å². The number of likely N-dealkylation sites (N-methyl/N-ethyl adjacent to an activating group) is 1. The highest BCUT2D eigenvalue weighted by Gasteiger charge is 2.21. The molecular weight excluding hydrogens is 293 g/mol. The summed E-state index contributed by atoms with van der Waals surface area (Å²) in [6.45, 7) is 6.45. The Labute approximate surface area is 125 Å². The zero-order chi connectivity index (χ0) is 12.3. The fraction of sp³-hybridized carbons (Fsp3) is 0.636. The lowest BCUT2D eigenvalue weighted by Gasteiger charge is -2.22. The normalized spacial score (nSPS) is 11.4. The highest BCUT2D eigenvalue weighted by molar-refractivity contribution is 7.11. The third kappa shape index (κ3) is 5.52. The van der Waals surface area contributed by atoms with E-state index in [0.29, 0.717) is 6.54 Å². The minimum Gasteiger partial charge on any atom is -0.339 e. The van der Waals surface area contributed by atoms with Crippen LogP contribution in [-0.2, 0) is 11.3 Å². The van der Waals surface area contributed by atoms with Crippen LogP contribution in [0.1, 0.15) is 23.7 Å². The minimum absolute atomic E-state index is 0. The molecule has 0 aliphatic carbocycles. The summed E-state index contributed by atoms with van der Waals surface area (Å²) in [5.74, 6) is 0.152. The van der Waals surface area contributed by atoms with Crippen LogP contribution in [0, 0.1) is 12.8 Å². The van der Waals surface area contributed by atoms with Crippen molar-refractivity contribution < 1.29 is 4.79 Å². The molecule has 7 heteroatoms. The molecule has 1 atom stereocenters. The first-order chi connectivity index (χ1) is 7.41.